The first-order chi connectivity index (χ1) is 12.7. The van der Waals surface area contributed by atoms with Crippen molar-refractivity contribution in [3.8, 4) is 0 Å². The zero-order chi connectivity index (χ0) is 19.8. The predicted molar refractivity (Wildman–Crippen MR) is 106 cm³/mol. The fourth-order valence-corrected chi connectivity index (χ4v) is 5.28. The molecule has 2 aliphatic heterocycles. The average Bonchev–Trinajstić information content (AvgIpc) is 3.07. The minimum absolute atomic E-state index is 0.180. The SMILES string of the molecule is CC(C(=O)NC1C=CS(=O)(=O)C1)N1C(=O)C(=Cc2ccccc2F)SC1=S. The van der Waals surface area contributed by atoms with Gasteiger partial charge in [0.2, 0.25) is 5.91 Å². The second kappa shape index (κ2) is 7.53. The van der Waals surface area contributed by atoms with Gasteiger partial charge < -0.3 is 5.32 Å². The molecule has 0 spiro atoms. The van der Waals surface area contributed by atoms with Crippen LogP contribution in [0.4, 0.5) is 4.39 Å². The van der Waals surface area contributed by atoms with Gasteiger partial charge in [-0.25, -0.2) is 12.8 Å². The third-order valence-corrected chi connectivity index (χ3v) is 6.77. The summed E-state index contributed by atoms with van der Waals surface area (Å²) in [7, 11) is -3.31. The van der Waals surface area contributed by atoms with Crippen molar-refractivity contribution in [1.82, 2.24) is 10.2 Å². The Kier molecular flexibility index (Phi) is 5.50. The zero-order valence-electron chi connectivity index (χ0n) is 14.1. The molecule has 2 aliphatic rings. The first kappa shape index (κ1) is 19.7. The highest BCUT2D eigenvalue weighted by Gasteiger charge is 2.39. The standard InChI is InChI=1S/C17H15FN2O4S3/c1-10(15(21)19-12-6-7-27(23,24)9-12)20-16(22)14(26-17(20)25)8-11-4-2-3-5-13(11)18/h2-8,10,12H,9H2,1H3,(H,19,21). The molecule has 1 aromatic carbocycles. The highest BCUT2D eigenvalue weighted by atomic mass is 32.2. The van der Waals surface area contributed by atoms with Crippen LogP contribution in [-0.2, 0) is 19.4 Å². The van der Waals surface area contributed by atoms with E-state index in [0.717, 1.165) is 22.1 Å². The molecule has 0 saturated carbocycles. The number of rotatable bonds is 4. The molecule has 1 aromatic rings. The molecule has 10 heteroatoms. The molecule has 3 rings (SSSR count). The number of carbonyl (C=O) groups is 2. The minimum Gasteiger partial charge on any atom is -0.347 e. The molecule has 1 fully saturated rings. The number of benzene rings is 1. The second-order valence-electron chi connectivity index (χ2n) is 6.02. The number of nitrogens with zero attached hydrogens (tertiary/aromatic N) is 1. The Morgan fingerprint density at radius 3 is 2.78 bits per heavy atom. The van der Waals surface area contributed by atoms with Crippen molar-refractivity contribution in [2.75, 3.05) is 5.75 Å². The normalized spacial score (nSPS) is 23.9. The zero-order valence-corrected chi connectivity index (χ0v) is 16.5. The molecule has 6 nitrogen and oxygen atoms in total. The summed E-state index contributed by atoms with van der Waals surface area (Å²) in [5, 5.41) is 3.63. The number of thioether (sulfide) groups is 1. The number of nitrogens with one attached hydrogen (secondary N) is 1. The molecule has 0 bridgehead atoms. The molecule has 1 N–H and O–H groups in total. The summed E-state index contributed by atoms with van der Waals surface area (Å²) in [6.45, 7) is 1.50. The van der Waals surface area contributed by atoms with Gasteiger partial charge in [-0.3, -0.25) is 14.5 Å². The molecule has 2 heterocycles. The van der Waals surface area contributed by atoms with Gasteiger partial charge in [0, 0.05) is 11.0 Å². The fraction of sp³-hybridized carbons (Fsp3) is 0.235. The first-order valence-electron chi connectivity index (χ1n) is 7.91. The van der Waals surface area contributed by atoms with Crippen LogP contribution in [0.15, 0.2) is 40.7 Å². The summed E-state index contributed by atoms with van der Waals surface area (Å²) >= 11 is 6.19. The predicted octanol–water partition coefficient (Wildman–Crippen LogP) is 1.84. The van der Waals surface area contributed by atoms with Crippen LogP contribution in [0.5, 0.6) is 0 Å². The van der Waals surface area contributed by atoms with E-state index in [0.29, 0.717) is 0 Å². The molecule has 2 atom stereocenters. The van der Waals surface area contributed by atoms with Crippen LogP contribution in [0.2, 0.25) is 0 Å². The number of hydrogen-bond acceptors (Lipinski definition) is 6. The van der Waals surface area contributed by atoms with Gasteiger partial charge in [-0.05, 0) is 25.1 Å². The van der Waals surface area contributed by atoms with E-state index in [1.165, 1.54) is 31.2 Å². The maximum Gasteiger partial charge on any atom is 0.266 e. The van der Waals surface area contributed by atoms with Crippen molar-refractivity contribution >= 4 is 56.0 Å². The summed E-state index contributed by atoms with van der Waals surface area (Å²) < 4.78 is 36.9. The van der Waals surface area contributed by atoms with Crippen molar-refractivity contribution in [3.63, 3.8) is 0 Å². The number of hydrogen-bond donors (Lipinski definition) is 1. The smallest absolute Gasteiger partial charge is 0.266 e. The largest absolute Gasteiger partial charge is 0.347 e. The number of carbonyl (C=O) groups excluding carboxylic acids is 2. The van der Waals surface area contributed by atoms with Gasteiger partial charge in [-0.2, -0.15) is 0 Å². The Morgan fingerprint density at radius 1 is 1.44 bits per heavy atom. The molecular weight excluding hydrogens is 411 g/mol. The van der Waals surface area contributed by atoms with Gasteiger partial charge in [0.25, 0.3) is 5.91 Å². The summed E-state index contributed by atoms with van der Waals surface area (Å²) in [6, 6.07) is 4.44. The van der Waals surface area contributed by atoms with E-state index >= 15 is 0 Å². The van der Waals surface area contributed by atoms with Crippen LogP contribution in [0.3, 0.4) is 0 Å². The Labute approximate surface area is 165 Å². The van der Waals surface area contributed by atoms with Gasteiger partial charge in [0.05, 0.1) is 16.7 Å². The summed E-state index contributed by atoms with van der Waals surface area (Å²) in [6.07, 6.45) is 2.79. The van der Waals surface area contributed by atoms with Gasteiger partial charge in [-0.1, -0.05) is 42.2 Å². The highest BCUT2D eigenvalue weighted by molar-refractivity contribution is 8.26. The third-order valence-electron chi connectivity index (χ3n) is 4.04. The lowest BCUT2D eigenvalue weighted by atomic mass is 10.2. The molecule has 2 amide bonds. The summed E-state index contributed by atoms with van der Waals surface area (Å²) in [5.41, 5.74) is 0.247. The topological polar surface area (TPSA) is 83.6 Å². The number of halogens is 1. The van der Waals surface area contributed by atoms with Gasteiger partial charge in [0.1, 0.15) is 16.2 Å². The van der Waals surface area contributed by atoms with Crippen LogP contribution in [0.1, 0.15) is 12.5 Å². The molecule has 142 valence electrons. The lowest BCUT2D eigenvalue weighted by Crippen LogP contribution is -2.49. The van der Waals surface area contributed by atoms with Crippen molar-refractivity contribution < 1.29 is 22.4 Å². The lowest BCUT2D eigenvalue weighted by Gasteiger charge is -2.23. The number of sulfone groups is 1. The van der Waals surface area contributed by atoms with Crippen LogP contribution < -0.4 is 5.32 Å². The van der Waals surface area contributed by atoms with Crippen LogP contribution in [-0.4, -0.2) is 47.3 Å². The molecule has 0 radical (unpaired) electrons. The maximum atomic E-state index is 13.8. The van der Waals surface area contributed by atoms with Crippen molar-refractivity contribution in [1.29, 1.82) is 0 Å². The first-order valence-corrected chi connectivity index (χ1v) is 10.8. The number of thiocarbonyl (C=S) groups is 1. The van der Waals surface area contributed by atoms with Gasteiger partial charge >= 0.3 is 0 Å². The average molecular weight is 427 g/mol. The van der Waals surface area contributed by atoms with Crippen molar-refractivity contribution in [2.24, 2.45) is 0 Å². The van der Waals surface area contributed by atoms with E-state index in [-0.39, 0.29) is 20.5 Å². The van der Waals surface area contributed by atoms with E-state index in [1.54, 1.807) is 12.1 Å². The van der Waals surface area contributed by atoms with Crippen molar-refractivity contribution in [3.05, 3.63) is 52.0 Å². The fourth-order valence-electron chi connectivity index (χ4n) is 2.63. The summed E-state index contributed by atoms with van der Waals surface area (Å²) in [4.78, 5) is 26.4. The van der Waals surface area contributed by atoms with Crippen LogP contribution in [0, 0.1) is 5.82 Å². The van der Waals surface area contributed by atoms with E-state index in [9.17, 15) is 22.4 Å². The second-order valence-corrected chi connectivity index (χ2v) is 9.63. The quantitative estimate of drug-likeness (QED) is 0.584. The molecular formula is C17H15FN2O4S3. The summed E-state index contributed by atoms with van der Waals surface area (Å²) in [5.74, 6) is -1.70. The molecule has 0 aromatic heterocycles. The lowest BCUT2D eigenvalue weighted by molar-refractivity contribution is -0.132. The maximum absolute atomic E-state index is 13.8. The Balaban J connectivity index is 1.74. The molecule has 0 aliphatic carbocycles. The van der Waals surface area contributed by atoms with E-state index in [4.69, 9.17) is 12.2 Å². The molecule has 27 heavy (non-hydrogen) atoms. The van der Waals surface area contributed by atoms with Crippen molar-refractivity contribution in [2.45, 2.75) is 19.0 Å². The molecule has 1 saturated heterocycles. The minimum atomic E-state index is -3.31. The van der Waals surface area contributed by atoms with E-state index < -0.39 is 39.6 Å². The highest BCUT2D eigenvalue weighted by Crippen LogP contribution is 2.34. The number of amides is 2. The molecule has 2 unspecified atom stereocenters. The van der Waals surface area contributed by atoms with Crippen LogP contribution in [0.25, 0.3) is 6.08 Å². The monoisotopic (exact) mass is 426 g/mol. The Hall–Kier alpha value is -2.04. The van der Waals surface area contributed by atoms with Gasteiger partial charge in [-0.15, -0.1) is 0 Å². The van der Waals surface area contributed by atoms with Crippen LogP contribution >= 0.6 is 24.0 Å². The van der Waals surface area contributed by atoms with Gasteiger partial charge in [0.15, 0.2) is 9.84 Å². The third kappa shape index (κ3) is 4.28. The van der Waals surface area contributed by atoms with E-state index in [1.807, 2.05) is 0 Å². The van der Waals surface area contributed by atoms with E-state index in [2.05, 4.69) is 5.32 Å². The Bertz CT molecular complexity index is 988. The Morgan fingerprint density at radius 2 is 2.15 bits per heavy atom.